The van der Waals surface area contributed by atoms with Crippen molar-refractivity contribution in [3.63, 3.8) is 0 Å². The van der Waals surface area contributed by atoms with E-state index in [0.717, 1.165) is 0 Å². The molecule has 2 heterocycles. The normalized spacial score (nSPS) is 32.3. The summed E-state index contributed by atoms with van der Waals surface area (Å²) in [6, 6.07) is 0. The summed E-state index contributed by atoms with van der Waals surface area (Å²) in [6.07, 6.45) is 0.150. The van der Waals surface area contributed by atoms with Gasteiger partial charge in [-0.25, -0.2) is 0 Å². The van der Waals surface area contributed by atoms with Crippen LogP contribution in [0, 0.1) is 0 Å². The van der Waals surface area contributed by atoms with Crippen molar-refractivity contribution in [2.45, 2.75) is 51.5 Å². The number of amides is 1. The Bertz CT molecular complexity index is 584. The van der Waals surface area contributed by atoms with Crippen LogP contribution >= 0.6 is 0 Å². The number of rotatable bonds is 3. The number of ether oxygens (including phenoxy) is 3. The van der Waals surface area contributed by atoms with Gasteiger partial charge in [-0.05, 0) is 13.0 Å². The van der Waals surface area contributed by atoms with Crippen LogP contribution in [-0.2, 0) is 33.4 Å². The quantitative estimate of drug-likeness (QED) is 0.530. The molecule has 0 aliphatic carbocycles. The van der Waals surface area contributed by atoms with E-state index in [4.69, 9.17) is 14.2 Å². The van der Waals surface area contributed by atoms with Gasteiger partial charge < -0.3 is 19.1 Å². The van der Waals surface area contributed by atoms with Crippen molar-refractivity contribution in [3.05, 3.63) is 12.2 Å². The minimum atomic E-state index is -1.15. The van der Waals surface area contributed by atoms with Gasteiger partial charge in [0.1, 0.15) is 11.6 Å². The highest BCUT2D eigenvalue weighted by atomic mass is 16.6. The number of nitrogens with zero attached hydrogens (tertiary/aromatic N) is 1. The molecule has 0 spiro atoms. The van der Waals surface area contributed by atoms with Gasteiger partial charge in [-0.1, -0.05) is 0 Å². The van der Waals surface area contributed by atoms with Crippen LogP contribution < -0.4 is 0 Å². The molecule has 2 aliphatic rings. The summed E-state index contributed by atoms with van der Waals surface area (Å²) in [7, 11) is 0. The first-order chi connectivity index (χ1) is 10.7. The van der Waals surface area contributed by atoms with E-state index in [1.807, 2.05) is 0 Å². The lowest BCUT2D eigenvalue weighted by atomic mass is 9.85. The number of hydrogen-bond donors (Lipinski definition) is 0. The van der Waals surface area contributed by atoms with Crippen LogP contribution in [0.2, 0.25) is 0 Å². The van der Waals surface area contributed by atoms with E-state index in [1.165, 1.54) is 37.8 Å². The Labute approximate surface area is 133 Å². The monoisotopic (exact) mass is 325 g/mol. The van der Waals surface area contributed by atoms with Gasteiger partial charge in [0.25, 0.3) is 0 Å². The SMILES string of the molecule is CC(=O)OC1C=CC(=O)N2C[C@@H](OC(C)=O)[C@@H](OC(C)=O)[C@@]12C. The third-order valence-corrected chi connectivity index (χ3v) is 4.02. The van der Waals surface area contributed by atoms with Gasteiger partial charge in [-0.15, -0.1) is 0 Å². The van der Waals surface area contributed by atoms with Crippen LogP contribution in [-0.4, -0.2) is 59.1 Å². The summed E-state index contributed by atoms with van der Waals surface area (Å²) in [5, 5.41) is 0. The zero-order chi connectivity index (χ0) is 17.4. The first-order valence-corrected chi connectivity index (χ1v) is 7.17. The van der Waals surface area contributed by atoms with Crippen LogP contribution in [0.25, 0.3) is 0 Å². The standard InChI is InChI=1S/C15H19NO7/c1-8(17)21-11-7-16-13(20)6-5-12(22-9(2)18)15(16,4)14(11)23-10(3)19/h5-6,11-12,14H,7H2,1-4H3/t11-,12?,14-,15-/m1/s1. The topological polar surface area (TPSA) is 99.2 Å². The second-order valence-corrected chi connectivity index (χ2v) is 5.74. The van der Waals surface area contributed by atoms with E-state index in [1.54, 1.807) is 6.92 Å². The van der Waals surface area contributed by atoms with Gasteiger partial charge in [-0.2, -0.15) is 0 Å². The zero-order valence-corrected chi connectivity index (χ0v) is 13.4. The molecular formula is C15H19NO7. The Morgan fingerprint density at radius 3 is 2.17 bits per heavy atom. The molecule has 126 valence electrons. The molecule has 1 fully saturated rings. The predicted molar refractivity (Wildman–Crippen MR) is 75.9 cm³/mol. The maximum Gasteiger partial charge on any atom is 0.303 e. The van der Waals surface area contributed by atoms with Crippen LogP contribution in [0.3, 0.4) is 0 Å². The first kappa shape index (κ1) is 17.0. The average Bonchev–Trinajstić information content (AvgIpc) is 2.67. The van der Waals surface area contributed by atoms with Crippen molar-refractivity contribution in [3.8, 4) is 0 Å². The highest BCUT2D eigenvalue weighted by Crippen LogP contribution is 2.40. The minimum absolute atomic E-state index is 0.0506. The van der Waals surface area contributed by atoms with Crippen molar-refractivity contribution in [1.82, 2.24) is 4.90 Å². The van der Waals surface area contributed by atoms with Gasteiger partial charge in [0.05, 0.1) is 6.54 Å². The highest BCUT2D eigenvalue weighted by molar-refractivity contribution is 5.90. The molecule has 8 heteroatoms. The molecular weight excluding hydrogens is 306 g/mol. The smallest absolute Gasteiger partial charge is 0.303 e. The summed E-state index contributed by atoms with van der Waals surface area (Å²) >= 11 is 0. The molecule has 0 bridgehead atoms. The van der Waals surface area contributed by atoms with Crippen LogP contribution in [0.1, 0.15) is 27.7 Å². The third-order valence-electron chi connectivity index (χ3n) is 4.02. The molecule has 1 unspecified atom stereocenters. The second kappa shape index (κ2) is 6.02. The summed E-state index contributed by atoms with van der Waals surface area (Å²) in [5.74, 6) is -2.01. The van der Waals surface area contributed by atoms with Crippen LogP contribution in [0.15, 0.2) is 12.2 Å². The van der Waals surface area contributed by atoms with E-state index in [0.29, 0.717) is 0 Å². The molecule has 0 aromatic heterocycles. The summed E-state index contributed by atoms with van der Waals surface area (Å²) in [6.45, 7) is 5.39. The number of fused-ring (bicyclic) bond motifs is 1. The largest absolute Gasteiger partial charge is 0.457 e. The molecule has 2 aliphatic heterocycles. The predicted octanol–water partition coefficient (Wildman–Crippen LogP) is -0.0478. The van der Waals surface area contributed by atoms with Gasteiger partial charge in [-0.3, -0.25) is 19.2 Å². The maximum absolute atomic E-state index is 12.2. The Morgan fingerprint density at radius 1 is 1.09 bits per heavy atom. The van der Waals surface area contributed by atoms with E-state index >= 15 is 0 Å². The summed E-state index contributed by atoms with van der Waals surface area (Å²) < 4.78 is 15.8. The van der Waals surface area contributed by atoms with E-state index in [2.05, 4.69) is 0 Å². The van der Waals surface area contributed by atoms with Gasteiger partial charge in [0.15, 0.2) is 12.2 Å². The van der Waals surface area contributed by atoms with E-state index < -0.39 is 41.8 Å². The highest BCUT2D eigenvalue weighted by Gasteiger charge is 2.61. The molecule has 4 atom stereocenters. The van der Waals surface area contributed by atoms with Crippen LogP contribution in [0.4, 0.5) is 0 Å². The van der Waals surface area contributed by atoms with Gasteiger partial charge in [0, 0.05) is 26.8 Å². The lowest BCUT2D eigenvalue weighted by Crippen LogP contribution is -2.62. The van der Waals surface area contributed by atoms with Crippen molar-refractivity contribution < 1.29 is 33.4 Å². The summed E-state index contributed by atoms with van der Waals surface area (Å²) in [4.78, 5) is 47.7. The molecule has 0 aromatic carbocycles. The number of carbonyl (C=O) groups is 4. The third kappa shape index (κ3) is 3.06. The second-order valence-electron chi connectivity index (χ2n) is 5.74. The summed E-state index contributed by atoms with van der Waals surface area (Å²) in [5.41, 5.74) is -1.15. The van der Waals surface area contributed by atoms with E-state index in [9.17, 15) is 19.2 Å². The molecule has 2 rings (SSSR count). The lowest BCUT2D eigenvalue weighted by molar-refractivity contribution is -0.175. The maximum atomic E-state index is 12.2. The Balaban J connectivity index is 2.44. The Hall–Kier alpha value is -2.38. The Morgan fingerprint density at radius 2 is 1.65 bits per heavy atom. The molecule has 0 aromatic rings. The number of hydrogen-bond acceptors (Lipinski definition) is 7. The number of esters is 3. The first-order valence-electron chi connectivity index (χ1n) is 7.17. The van der Waals surface area contributed by atoms with Crippen molar-refractivity contribution in [2.24, 2.45) is 0 Å². The fourth-order valence-electron chi connectivity index (χ4n) is 3.12. The molecule has 0 radical (unpaired) electrons. The van der Waals surface area contributed by atoms with E-state index in [-0.39, 0.29) is 12.5 Å². The van der Waals surface area contributed by atoms with Crippen molar-refractivity contribution in [2.75, 3.05) is 6.54 Å². The minimum Gasteiger partial charge on any atom is -0.457 e. The van der Waals surface area contributed by atoms with Crippen molar-refractivity contribution >= 4 is 23.8 Å². The molecule has 23 heavy (non-hydrogen) atoms. The van der Waals surface area contributed by atoms with Crippen LogP contribution in [0.5, 0.6) is 0 Å². The van der Waals surface area contributed by atoms with Gasteiger partial charge in [0.2, 0.25) is 5.91 Å². The molecule has 8 nitrogen and oxygen atoms in total. The molecule has 0 saturated carbocycles. The zero-order valence-electron chi connectivity index (χ0n) is 13.4. The fraction of sp³-hybridized carbons (Fsp3) is 0.600. The number of carbonyl (C=O) groups excluding carboxylic acids is 4. The van der Waals surface area contributed by atoms with Gasteiger partial charge >= 0.3 is 17.9 Å². The van der Waals surface area contributed by atoms with Crippen molar-refractivity contribution in [1.29, 1.82) is 0 Å². The molecule has 1 amide bonds. The Kier molecular flexibility index (Phi) is 4.44. The average molecular weight is 325 g/mol. The lowest BCUT2D eigenvalue weighted by Gasteiger charge is -2.43. The molecule has 0 N–H and O–H groups in total. The molecule has 1 saturated heterocycles. The fourth-order valence-corrected chi connectivity index (χ4v) is 3.12.